The fourth-order valence-electron chi connectivity index (χ4n) is 2.16. The normalized spacial score (nSPS) is 10.9. The second kappa shape index (κ2) is 7.97. The lowest BCUT2D eigenvalue weighted by Gasteiger charge is -2.23. The van der Waals surface area contributed by atoms with Crippen LogP contribution < -0.4 is 5.73 Å². The smallest absolute Gasteiger partial charge is 0.236 e. The van der Waals surface area contributed by atoms with E-state index in [0.29, 0.717) is 18.7 Å². The fourth-order valence-corrected chi connectivity index (χ4v) is 2.16. The maximum absolute atomic E-state index is 13.4. The zero-order chi connectivity index (χ0) is 15.1. The van der Waals surface area contributed by atoms with Gasteiger partial charge in [-0.2, -0.15) is 0 Å². The zero-order valence-electron chi connectivity index (χ0n) is 12.5. The lowest BCUT2D eigenvalue weighted by Crippen LogP contribution is -2.38. The van der Waals surface area contributed by atoms with Crippen molar-refractivity contribution >= 4 is 5.91 Å². The molecule has 4 nitrogen and oxygen atoms in total. The second-order valence-electron chi connectivity index (χ2n) is 4.87. The van der Waals surface area contributed by atoms with Crippen molar-refractivity contribution in [3.63, 3.8) is 0 Å². The second-order valence-corrected chi connectivity index (χ2v) is 4.87. The van der Waals surface area contributed by atoms with Crippen LogP contribution in [-0.2, 0) is 17.9 Å². The van der Waals surface area contributed by atoms with E-state index in [1.54, 1.807) is 17.0 Å². The first-order valence-corrected chi connectivity index (χ1v) is 6.95. The van der Waals surface area contributed by atoms with Crippen LogP contribution in [0.5, 0.6) is 0 Å². The van der Waals surface area contributed by atoms with Crippen molar-refractivity contribution in [1.29, 1.82) is 0 Å². The predicted octanol–water partition coefficient (Wildman–Crippen LogP) is 1.58. The van der Waals surface area contributed by atoms with Crippen molar-refractivity contribution in [3.05, 3.63) is 35.1 Å². The Hall–Kier alpha value is -1.46. The van der Waals surface area contributed by atoms with Gasteiger partial charge in [0.1, 0.15) is 5.82 Å². The van der Waals surface area contributed by atoms with Crippen LogP contribution in [0.3, 0.4) is 0 Å². The Morgan fingerprint density at radius 2 is 1.95 bits per heavy atom. The van der Waals surface area contributed by atoms with Gasteiger partial charge in [0.15, 0.2) is 0 Å². The van der Waals surface area contributed by atoms with Gasteiger partial charge in [-0.05, 0) is 32.5 Å². The molecular weight excluding hydrogens is 257 g/mol. The molecule has 0 aromatic heterocycles. The SMILES string of the molecule is CCN(CC)C(=O)CN(C)Cc1ccc(F)c(CN)c1. The van der Waals surface area contributed by atoms with Crippen LogP contribution in [0.2, 0.25) is 0 Å². The molecule has 1 amide bonds. The van der Waals surface area contributed by atoms with Crippen molar-refractivity contribution in [3.8, 4) is 0 Å². The molecule has 0 spiro atoms. The first-order chi connectivity index (χ1) is 9.51. The maximum atomic E-state index is 13.4. The number of hydrogen-bond acceptors (Lipinski definition) is 3. The molecule has 0 atom stereocenters. The molecule has 112 valence electrons. The van der Waals surface area contributed by atoms with Crippen molar-refractivity contribution in [2.75, 3.05) is 26.7 Å². The van der Waals surface area contributed by atoms with Crippen LogP contribution in [0, 0.1) is 5.82 Å². The summed E-state index contributed by atoms with van der Waals surface area (Å²) < 4.78 is 13.4. The van der Waals surface area contributed by atoms with Crippen LogP contribution in [0.25, 0.3) is 0 Å². The lowest BCUT2D eigenvalue weighted by molar-refractivity contribution is -0.131. The maximum Gasteiger partial charge on any atom is 0.236 e. The first kappa shape index (κ1) is 16.6. The molecule has 0 aliphatic rings. The van der Waals surface area contributed by atoms with E-state index in [0.717, 1.165) is 18.7 Å². The van der Waals surface area contributed by atoms with Crippen molar-refractivity contribution in [1.82, 2.24) is 9.80 Å². The summed E-state index contributed by atoms with van der Waals surface area (Å²) in [6, 6.07) is 4.91. The van der Waals surface area contributed by atoms with E-state index in [4.69, 9.17) is 5.73 Å². The van der Waals surface area contributed by atoms with Gasteiger partial charge in [-0.3, -0.25) is 9.69 Å². The summed E-state index contributed by atoms with van der Waals surface area (Å²) in [4.78, 5) is 15.7. The molecule has 0 saturated heterocycles. The number of rotatable bonds is 7. The molecule has 1 rings (SSSR count). The quantitative estimate of drug-likeness (QED) is 0.825. The molecule has 0 heterocycles. The van der Waals surface area contributed by atoms with Crippen LogP contribution in [-0.4, -0.2) is 42.4 Å². The zero-order valence-corrected chi connectivity index (χ0v) is 12.5. The molecule has 1 aromatic carbocycles. The Morgan fingerprint density at radius 3 is 2.50 bits per heavy atom. The van der Waals surface area contributed by atoms with Gasteiger partial charge >= 0.3 is 0 Å². The van der Waals surface area contributed by atoms with E-state index in [-0.39, 0.29) is 18.3 Å². The minimum Gasteiger partial charge on any atom is -0.342 e. The monoisotopic (exact) mass is 281 g/mol. The Morgan fingerprint density at radius 1 is 1.30 bits per heavy atom. The van der Waals surface area contributed by atoms with E-state index in [1.807, 2.05) is 25.8 Å². The molecule has 0 saturated carbocycles. The summed E-state index contributed by atoms with van der Waals surface area (Å²) in [7, 11) is 1.88. The number of amides is 1. The summed E-state index contributed by atoms with van der Waals surface area (Å²) in [5.74, 6) is -0.170. The molecule has 5 heteroatoms. The van der Waals surface area contributed by atoms with E-state index in [1.165, 1.54) is 6.07 Å². The van der Waals surface area contributed by atoms with Gasteiger partial charge in [0.05, 0.1) is 6.54 Å². The Labute approximate surface area is 120 Å². The number of carbonyl (C=O) groups excluding carboxylic acids is 1. The molecule has 20 heavy (non-hydrogen) atoms. The lowest BCUT2D eigenvalue weighted by atomic mass is 10.1. The van der Waals surface area contributed by atoms with E-state index in [2.05, 4.69) is 0 Å². The number of likely N-dealkylation sites (N-methyl/N-ethyl adjacent to an activating group) is 2. The minimum absolute atomic E-state index is 0.110. The van der Waals surface area contributed by atoms with E-state index < -0.39 is 0 Å². The van der Waals surface area contributed by atoms with Crippen LogP contribution in [0.4, 0.5) is 4.39 Å². The van der Waals surface area contributed by atoms with Crippen LogP contribution in [0.1, 0.15) is 25.0 Å². The third-order valence-corrected chi connectivity index (χ3v) is 3.30. The molecule has 0 aliphatic carbocycles. The highest BCUT2D eigenvalue weighted by atomic mass is 19.1. The van der Waals surface area contributed by atoms with Gasteiger partial charge in [-0.1, -0.05) is 12.1 Å². The number of nitrogens with zero attached hydrogens (tertiary/aromatic N) is 2. The Balaban J connectivity index is 2.62. The average Bonchev–Trinajstić information content (AvgIpc) is 2.42. The first-order valence-electron chi connectivity index (χ1n) is 6.95. The van der Waals surface area contributed by atoms with Gasteiger partial charge < -0.3 is 10.6 Å². The van der Waals surface area contributed by atoms with Crippen molar-refractivity contribution < 1.29 is 9.18 Å². The molecular formula is C15H24FN3O. The summed E-state index contributed by atoms with van der Waals surface area (Å²) in [5.41, 5.74) is 6.96. The predicted molar refractivity (Wildman–Crippen MR) is 78.6 cm³/mol. The highest BCUT2D eigenvalue weighted by Crippen LogP contribution is 2.11. The highest BCUT2D eigenvalue weighted by Gasteiger charge is 2.13. The third kappa shape index (κ3) is 4.58. The number of benzene rings is 1. The Kier molecular flexibility index (Phi) is 6.61. The molecule has 1 aromatic rings. The van der Waals surface area contributed by atoms with Gasteiger partial charge in [0.2, 0.25) is 5.91 Å². The number of carbonyl (C=O) groups is 1. The molecule has 0 radical (unpaired) electrons. The van der Waals surface area contributed by atoms with E-state index in [9.17, 15) is 9.18 Å². The number of halogens is 1. The van der Waals surface area contributed by atoms with Crippen molar-refractivity contribution in [2.24, 2.45) is 5.73 Å². The summed E-state index contributed by atoms with van der Waals surface area (Å²) in [6.07, 6.45) is 0. The molecule has 0 fully saturated rings. The van der Waals surface area contributed by atoms with Crippen molar-refractivity contribution in [2.45, 2.75) is 26.9 Å². The van der Waals surface area contributed by atoms with Crippen LogP contribution in [0.15, 0.2) is 18.2 Å². The topological polar surface area (TPSA) is 49.6 Å². The molecule has 2 N–H and O–H groups in total. The number of hydrogen-bond donors (Lipinski definition) is 1. The molecule has 0 bridgehead atoms. The third-order valence-electron chi connectivity index (χ3n) is 3.30. The average molecular weight is 281 g/mol. The molecule has 0 aliphatic heterocycles. The summed E-state index contributed by atoms with van der Waals surface area (Å²) in [5, 5.41) is 0. The van der Waals surface area contributed by atoms with Crippen LogP contribution >= 0.6 is 0 Å². The summed E-state index contributed by atoms with van der Waals surface area (Å²) >= 11 is 0. The van der Waals surface area contributed by atoms with Gasteiger partial charge in [0.25, 0.3) is 0 Å². The Bertz CT molecular complexity index is 447. The fraction of sp³-hybridized carbons (Fsp3) is 0.533. The van der Waals surface area contributed by atoms with Gasteiger partial charge in [0, 0.05) is 31.7 Å². The largest absolute Gasteiger partial charge is 0.342 e. The highest BCUT2D eigenvalue weighted by molar-refractivity contribution is 5.78. The summed E-state index contributed by atoms with van der Waals surface area (Å²) in [6.45, 7) is 6.51. The minimum atomic E-state index is -0.280. The standard InChI is InChI=1S/C15H24FN3O/c1-4-19(5-2)15(20)11-18(3)10-12-6-7-14(16)13(8-12)9-17/h6-8H,4-5,9-11,17H2,1-3H3. The molecule has 0 unspecified atom stereocenters. The van der Waals surface area contributed by atoms with Gasteiger partial charge in [-0.25, -0.2) is 4.39 Å². The van der Waals surface area contributed by atoms with E-state index >= 15 is 0 Å². The number of nitrogens with two attached hydrogens (primary N) is 1. The van der Waals surface area contributed by atoms with Gasteiger partial charge in [-0.15, -0.1) is 0 Å².